The van der Waals surface area contributed by atoms with Gasteiger partial charge in [-0.3, -0.25) is 4.79 Å². The Balaban J connectivity index is 2.14. The summed E-state index contributed by atoms with van der Waals surface area (Å²) in [5.41, 5.74) is 4.62. The van der Waals surface area contributed by atoms with E-state index in [-0.39, 0.29) is 5.78 Å². The zero-order chi connectivity index (χ0) is 14.7. The summed E-state index contributed by atoms with van der Waals surface area (Å²) in [5, 5.41) is 0. The summed E-state index contributed by atoms with van der Waals surface area (Å²) in [6, 6.07) is 25.5. The van der Waals surface area contributed by atoms with E-state index in [4.69, 9.17) is 0 Å². The van der Waals surface area contributed by atoms with Crippen LogP contribution < -0.4 is 0 Å². The molecule has 3 aromatic rings. The molecule has 3 aromatic carbocycles. The van der Waals surface area contributed by atoms with Gasteiger partial charge in [-0.1, -0.05) is 78.4 Å². The predicted molar refractivity (Wildman–Crippen MR) is 86.5 cm³/mol. The van der Waals surface area contributed by atoms with Gasteiger partial charge in [0.05, 0.1) is 0 Å². The highest BCUT2D eigenvalue weighted by molar-refractivity contribution is 6.12. The molecule has 0 fully saturated rings. The Morgan fingerprint density at radius 1 is 0.762 bits per heavy atom. The van der Waals surface area contributed by atoms with E-state index in [9.17, 15) is 4.79 Å². The number of ketones is 1. The molecule has 0 aliphatic rings. The van der Waals surface area contributed by atoms with Gasteiger partial charge in [0.2, 0.25) is 0 Å². The zero-order valence-electron chi connectivity index (χ0n) is 11.9. The van der Waals surface area contributed by atoms with Crippen molar-refractivity contribution in [1.29, 1.82) is 0 Å². The molecule has 3 rings (SSSR count). The minimum Gasteiger partial charge on any atom is -0.289 e. The SMILES string of the molecule is Cc1ccc(-c2ccccc2)c(C(=O)c2ccccc2)c1. The van der Waals surface area contributed by atoms with Gasteiger partial charge in [-0.05, 0) is 24.1 Å². The molecule has 21 heavy (non-hydrogen) atoms. The quantitative estimate of drug-likeness (QED) is 0.620. The van der Waals surface area contributed by atoms with Crippen molar-refractivity contribution in [3.05, 3.63) is 95.6 Å². The lowest BCUT2D eigenvalue weighted by Crippen LogP contribution is -2.04. The molecule has 0 aliphatic heterocycles. The monoisotopic (exact) mass is 272 g/mol. The minimum atomic E-state index is 0.0677. The highest BCUT2D eigenvalue weighted by atomic mass is 16.1. The number of rotatable bonds is 3. The van der Waals surface area contributed by atoms with Crippen LogP contribution in [0.2, 0.25) is 0 Å². The molecule has 0 saturated heterocycles. The lowest BCUT2D eigenvalue weighted by Gasteiger charge is -2.10. The number of aryl methyl sites for hydroxylation is 1. The molecule has 0 N–H and O–H groups in total. The fourth-order valence-electron chi connectivity index (χ4n) is 2.46. The van der Waals surface area contributed by atoms with Gasteiger partial charge in [-0.25, -0.2) is 0 Å². The average Bonchev–Trinajstić information content (AvgIpc) is 2.56. The van der Waals surface area contributed by atoms with Crippen LogP contribution in [-0.2, 0) is 0 Å². The van der Waals surface area contributed by atoms with E-state index in [0.29, 0.717) is 0 Å². The van der Waals surface area contributed by atoms with E-state index in [0.717, 1.165) is 27.8 Å². The van der Waals surface area contributed by atoms with Gasteiger partial charge < -0.3 is 0 Å². The average molecular weight is 272 g/mol. The van der Waals surface area contributed by atoms with Crippen LogP contribution in [0.1, 0.15) is 21.5 Å². The second kappa shape index (κ2) is 5.76. The van der Waals surface area contributed by atoms with Crippen LogP contribution in [0.5, 0.6) is 0 Å². The number of carbonyl (C=O) groups is 1. The maximum Gasteiger partial charge on any atom is 0.193 e. The van der Waals surface area contributed by atoms with Crippen molar-refractivity contribution in [3.63, 3.8) is 0 Å². The summed E-state index contributed by atoms with van der Waals surface area (Å²) in [4.78, 5) is 12.8. The molecule has 0 amide bonds. The Labute approximate surface area is 124 Å². The molecule has 0 unspecified atom stereocenters. The third kappa shape index (κ3) is 2.77. The fourth-order valence-corrected chi connectivity index (χ4v) is 2.46. The Morgan fingerprint density at radius 3 is 2.05 bits per heavy atom. The van der Waals surface area contributed by atoms with Crippen molar-refractivity contribution in [2.45, 2.75) is 6.92 Å². The van der Waals surface area contributed by atoms with E-state index in [1.165, 1.54) is 0 Å². The first kappa shape index (κ1) is 13.3. The lowest BCUT2D eigenvalue weighted by molar-refractivity contribution is 0.103. The molecular weight excluding hydrogens is 256 g/mol. The summed E-state index contributed by atoms with van der Waals surface area (Å²) >= 11 is 0. The van der Waals surface area contributed by atoms with Crippen LogP contribution in [-0.4, -0.2) is 5.78 Å². The number of carbonyl (C=O) groups excluding carboxylic acids is 1. The number of benzene rings is 3. The summed E-state index contributed by atoms with van der Waals surface area (Å²) in [7, 11) is 0. The Morgan fingerprint density at radius 2 is 1.38 bits per heavy atom. The van der Waals surface area contributed by atoms with Crippen LogP contribution in [0, 0.1) is 6.92 Å². The maximum absolute atomic E-state index is 12.8. The van der Waals surface area contributed by atoms with Gasteiger partial charge in [0.15, 0.2) is 5.78 Å². The normalized spacial score (nSPS) is 10.3. The van der Waals surface area contributed by atoms with Crippen molar-refractivity contribution < 1.29 is 4.79 Å². The molecule has 0 bridgehead atoms. The number of hydrogen-bond donors (Lipinski definition) is 0. The van der Waals surface area contributed by atoms with Crippen LogP contribution in [0.3, 0.4) is 0 Å². The third-order valence-corrected chi connectivity index (χ3v) is 3.54. The molecule has 102 valence electrons. The topological polar surface area (TPSA) is 17.1 Å². The van der Waals surface area contributed by atoms with Gasteiger partial charge >= 0.3 is 0 Å². The van der Waals surface area contributed by atoms with Crippen LogP contribution >= 0.6 is 0 Å². The first-order chi connectivity index (χ1) is 10.3. The first-order valence-corrected chi connectivity index (χ1v) is 7.01. The van der Waals surface area contributed by atoms with Crippen molar-refractivity contribution in [1.82, 2.24) is 0 Å². The van der Waals surface area contributed by atoms with E-state index < -0.39 is 0 Å². The van der Waals surface area contributed by atoms with Crippen LogP contribution in [0.15, 0.2) is 78.9 Å². The summed E-state index contributed by atoms with van der Waals surface area (Å²) < 4.78 is 0. The molecule has 0 aliphatic carbocycles. The molecule has 1 nitrogen and oxygen atoms in total. The van der Waals surface area contributed by atoms with Gasteiger partial charge in [-0.15, -0.1) is 0 Å². The van der Waals surface area contributed by atoms with E-state index in [1.807, 2.05) is 85.8 Å². The van der Waals surface area contributed by atoms with E-state index >= 15 is 0 Å². The van der Waals surface area contributed by atoms with E-state index in [1.54, 1.807) is 0 Å². The molecule has 0 radical (unpaired) electrons. The third-order valence-electron chi connectivity index (χ3n) is 3.54. The second-order valence-electron chi connectivity index (χ2n) is 5.11. The van der Waals surface area contributed by atoms with Crippen molar-refractivity contribution in [2.75, 3.05) is 0 Å². The molecule has 0 atom stereocenters. The summed E-state index contributed by atoms with van der Waals surface area (Å²) in [5.74, 6) is 0.0677. The van der Waals surface area contributed by atoms with E-state index in [2.05, 4.69) is 0 Å². The smallest absolute Gasteiger partial charge is 0.193 e. The van der Waals surface area contributed by atoms with Crippen molar-refractivity contribution >= 4 is 5.78 Å². The second-order valence-corrected chi connectivity index (χ2v) is 5.11. The van der Waals surface area contributed by atoms with Crippen LogP contribution in [0.25, 0.3) is 11.1 Å². The highest BCUT2D eigenvalue weighted by Crippen LogP contribution is 2.26. The largest absolute Gasteiger partial charge is 0.289 e. The van der Waals surface area contributed by atoms with Crippen molar-refractivity contribution in [3.8, 4) is 11.1 Å². The molecule has 0 heterocycles. The lowest BCUT2D eigenvalue weighted by atomic mass is 9.92. The van der Waals surface area contributed by atoms with Gasteiger partial charge in [0.25, 0.3) is 0 Å². The highest BCUT2D eigenvalue weighted by Gasteiger charge is 2.14. The standard InChI is InChI=1S/C20H16O/c1-15-12-13-18(16-8-4-2-5-9-16)19(14-15)20(21)17-10-6-3-7-11-17/h2-14H,1H3. The summed E-state index contributed by atoms with van der Waals surface area (Å²) in [6.45, 7) is 2.01. The zero-order valence-corrected chi connectivity index (χ0v) is 11.9. The molecule has 0 saturated carbocycles. The van der Waals surface area contributed by atoms with Crippen molar-refractivity contribution in [2.24, 2.45) is 0 Å². The molecule has 0 aromatic heterocycles. The fraction of sp³-hybridized carbons (Fsp3) is 0.0500. The van der Waals surface area contributed by atoms with Gasteiger partial charge in [0, 0.05) is 11.1 Å². The Bertz CT molecular complexity index is 758. The maximum atomic E-state index is 12.8. The summed E-state index contributed by atoms with van der Waals surface area (Å²) in [6.07, 6.45) is 0. The van der Waals surface area contributed by atoms with Gasteiger partial charge in [0.1, 0.15) is 0 Å². The van der Waals surface area contributed by atoms with Crippen LogP contribution in [0.4, 0.5) is 0 Å². The molecule has 1 heteroatoms. The molecule has 0 spiro atoms. The van der Waals surface area contributed by atoms with Gasteiger partial charge in [-0.2, -0.15) is 0 Å². The first-order valence-electron chi connectivity index (χ1n) is 7.01. The molecular formula is C20H16O. The Hall–Kier alpha value is -2.67. The minimum absolute atomic E-state index is 0.0677. The number of hydrogen-bond acceptors (Lipinski definition) is 1. The Kier molecular flexibility index (Phi) is 3.65. The predicted octanol–water partition coefficient (Wildman–Crippen LogP) is 4.89.